The van der Waals surface area contributed by atoms with Gasteiger partial charge in [-0.2, -0.15) is 0 Å². The zero-order valence-electron chi connectivity index (χ0n) is 13.9. The highest BCUT2D eigenvalue weighted by atomic mass is 16.2. The Bertz CT molecular complexity index is 481. The van der Waals surface area contributed by atoms with E-state index >= 15 is 0 Å². The molecule has 6 heteroatoms. The average Bonchev–Trinajstić information content (AvgIpc) is 2.55. The minimum atomic E-state index is -0.0111. The predicted molar refractivity (Wildman–Crippen MR) is 89.1 cm³/mol. The molecule has 2 amide bonds. The van der Waals surface area contributed by atoms with Crippen LogP contribution in [0.3, 0.4) is 0 Å². The topological polar surface area (TPSA) is 51.7 Å². The number of rotatable bonds is 5. The third-order valence-corrected chi connectivity index (χ3v) is 4.13. The van der Waals surface area contributed by atoms with Gasteiger partial charge in [-0.3, -0.25) is 0 Å². The molecule has 0 aromatic carbocycles. The minimum absolute atomic E-state index is 0.0111. The zero-order chi connectivity index (χ0) is 15.9. The standard InChI is InChI=1S/C16H27N5O/c1-4-20(5-2)16(22)18-13-14-6-7-17-15(12-14)21-10-8-19(3)9-11-21/h6-7,12H,4-5,8-11,13H2,1-3H3,(H,18,22). The number of hydrogen-bond donors (Lipinski definition) is 1. The normalized spacial score (nSPS) is 15.7. The fourth-order valence-corrected chi connectivity index (χ4v) is 2.58. The molecule has 1 aromatic rings. The zero-order valence-corrected chi connectivity index (χ0v) is 13.9. The van der Waals surface area contributed by atoms with Crippen molar-refractivity contribution in [2.24, 2.45) is 0 Å². The summed E-state index contributed by atoms with van der Waals surface area (Å²) in [7, 11) is 2.14. The molecule has 2 heterocycles. The number of carbonyl (C=O) groups is 1. The van der Waals surface area contributed by atoms with E-state index in [1.165, 1.54) is 0 Å². The Balaban J connectivity index is 1.92. The Morgan fingerprint density at radius 3 is 2.59 bits per heavy atom. The number of urea groups is 1. The first kappa shape index (κ1) is 16.5. The van der Waals surface area contributed by atoms with E-state index < -0.39 is 0 Å². The van der Waals surface area contributed by atoms with Gasteiger partial charge in [0.1, 0.15) is 5.82 Å². The molecular formula is C16H27N5O. The molecule has 122 valence electrons. The van der Waals surface area contributed by atoms with Gasteiger partial charge in [-0.15, -0.1) is 0 Å². The molecule has 1 aromatic heterocycles. The largest absolute Gasteiger partial charge is 0.354 e. The smallest absolute Gasteiger partial charge is 0.317 e. The SMILES string of the molecule is CCN(CC)C(=O)NCc1ccnc(N2CCN(C)CC2)c1. The van der Waals surface area contributed by atoms with Crippen LogP contribution in [0.25, 0.3) is 0 Å². The number of likely N-dealkylation sites (N-methyl/N-ethyl adjacent to an activating group) is 1. The van der Waals surface area contributed by atoms with Crippen LogP contribution in [0.15, 0.2) is 18.3 Å². The summed E-state index contributed by atoms with van der Waals surface area (Å²) in [4.78, 5) is 22.9. The maximum atomic E-state index is 12.0. The van der Waals surface area contributed by atoms with Crippen LogP contribution in [0.2, 0.25) is 0 Å². The first-order valence-corrected chi connectivity index (χ1v) is 8.05. The highest BCUT2D eigenvalue weighted by Crippen LogP contribution is 2.14. The summed E-state index contributed by atoms with van der Waals surface area (Å²) in [5.74, 6) is 1.00. The monoisotopic (exact) mass is 305 g/mol. The Hall–Kier alpha value is -1.82. The maximum Gasteiger partial charge on any atom is 0.317 e. The van der Waals surface area contributed by atoms with Crippen molar-refractivity contribution in [3.63, 3.8) is 0 Å². The minimum Gasteiger partial charge on any atom is -0.354 e. The van der Waals surface area contributed by atoms with Crippen molar-refractivity contribution >= 4 is 11.8 Å². The van der Waals surface area contributed by atoms with Gasteiger partial charge in [0.25, 0.3) is 0 Å². The summed E-state index contributed by atoms with van der Waals surface area (Å²) in [5.41, 5.74) is 1.09. The molecule has 0 saturated carbocycles. The molecule has 22 heavy (non-hydrogen) atoms. The number of pyridine rings is 1. The van der Waals surface area contributed by atoms with Crippen LogP contribution < -0.4 is 10.2 Å². The van der Waals surface area contributed by atoms with Crippen molar-refractivity contribution in [1.82, 2.24) is 20.1 Å². The third-order valence-electron chi connectivity index (χ3n) is 4.13. The van der Waals surface area contributed by atoms with Crippen LogP contribution in [0.4, 0.5) is 10.6 Å². The molecule has 0 unspecified atom stereocenters. The fourth-order valence-electron chi connectivity index (χ4n) is 2.58. The Morgan fingerprint density at radius 1 is 1.27 bits per heavy atom. The van der Waals surface area contributed by atoms with Crippen molar-refractivity contribution in [2.75, 3.05) is 51.2 Å². The van der Waals surface area contributed by atoms with Gasteiger partial charge < -0.3 is 20.0 Å². The van der Waals surface area contributed by atoms with Crippen molar-refractivity contribution in [3.8, 4) is 0 Å². The van der Waals surface area contributed by atoms with Crippen molar-refractivity contribution < 1.29 is 4.79 Å². The van der Waals surface area contributed by atoms with E-state index in [1.807, 2.05) is 26.1 Å². The average molecular weight is 305 g/mol. The van der Waals surface area contributed by atoms with Gasteiger partial charge in [-0.05, 0) is 38.6 Å². The van der Waals surface area contributed by atoms with Gasteiger partial charge in [-0.1, -0.05) is 0 Å². The van der Waals surface area contributed by atoms with Crippen LogP contribution in [0, 0.1) is 0 Å². The second-order valence-corrected chi connectivity index (χ2v) is 5.64. The Morgan fingerprint density at radius 2 is 1.95 bits per heavy atom. The van der Waals surface area contributed by atoms with Crippen LogP contribution in [0.1, 0.15) is 19.4 Å². The summed E-state index contributed by atoms with van der Waals surface area (Å²) in [6, 6.07) is 4.03. The summed E-state index contributed by atoms with van der Waals surface area (Å²) in [6.07, 6.45) is 1.83. The van der Waals surface area contributed by atoms with Gasteiger partial charge in [0.05, 0.1) is 0 Å². The second-order valence-electron chi connectivity index (χ2n) is 5.64. The van der Waals surface area contributed by atoms with Gasteiger partial charge in [-0.25, -0.2) is 9.78 Å². The van der Waals surface area contributed by atoms with Crippen molar-refractivity contribution in [1.29, 1.82) is 0 Å². The summed E-state index contributed by atoms with van der Waals surface area (Å²) in [6.45, 7) is 10.1. The lowest BCUT2D eigenvalue weighted by Gasteiger charge is -2.33. The lowest BCUT2D eigenvalue weighted by atomic mass is 10.2. The number of aromatic nitrogens is 1. The number of anilines is 1. The van der Waals surface area contributed by atoms with Crippen LogP contribution >= 0.6 is 0 Å². The van der Waals surface area contributed by atoms with Crippen molar-refractivity contribution in [2.45, 2.75) is 20.4 Å². The number of hydrogen-bond acceptors (Lipinski definition) is 4. The number of carbonyl (C=O) groups excluding carboxylic acids is 1. The van der Waals surface area contributed by atoms with Gasteiger partial charge >= 0.3 is 6.03 Å². The quantitative estimate of drug-likeness (QED) is 0.893. The third kappa shape index (κ3) is 4.34. The Labute approximate surface area is 133 Å². The molecule has 0 spiro atoms. The van der Waals surface area contributed by atoms with Crippen molar-refractivity contribution in [3.05, 3.63) is 23.9 Å². The lowest BCUT2D eigenvalue weighted by molar-refractivity contribution is 0.203. The van der Waals surface area contributed by atoms with Gasteiger partial charge in [0, 0.05) is 52.0 Å². The van der Waals surface area contributed by atoms with Gasteiger partial charge in [0.2, 0.25) is 0 Å². The van der Waals surface area contributed by atoms with E-state index in [1.54, 1.807) is 4.90 Å². The molecule has 0 bridgehead atoms. The van der Waals surface area contributed by atoms with E-state index in [9.17, 15) is 4.79 Å². The van der Waals surface area contributed by atoms with E-state index in [0.29, 0.717) is 6.54 Å². The van der Waals surface area contributed by atoms with Crippen LogP contribution in [0.5, 0.6) is 0 Å². The molecule has 1 saturated heterocycles. The molecule has 0 atom stereocenters. The molecule has 1 aliphatic rings. The van der Waals surface area contributed by atoms with E-state index in [2.05, 4.69) is 33.2 Å². The predicted octanol–water partition coefficient (Wildman–Crippen LogP) is 1.38. The number of nitrogens with zero attached hydrogens (tertiary/aromatic N) is 4. The first-order chi connectivity index (χ1) is 10.6. The molecular weight excluding hydrogens is 278 g/mol. The van der Waals surface area contributed by atoms with E-state index in [4.69, 9.17) is 0 Å². The summed E-state index contributed by atoms with van der Waals surface area (Å²) in [5, 5.41) is 2.97. The summed E-state index contributed by atoms with van der Waals surface area (Å²) < 4.78 is 0. The number of amides is 2. The fraction of sp³-hybridized carbons (Fsp3) is 0.625. The molecule has 2 rings (SSSR count). The van der Waals surface area contributed by atoms with E-state index in [0.717, 1.165) is 50.6 Å². The second kappa shape index (κ2) is 7.98. The molecule has 0 radical (unpaired) electrons. The van der Waals surface area contributed by atoms with Gasteiger partial charge in [0.15, 0.2) is 0 Å². The molecule has 1 aliphatic heterocycles. The lowest BCUT2D eigenvalue weighted by Crippen LogP contribution is -2.44. The maximum absolute atomic E-state index is 12.0. The molecule has 1 fully saturated rings. The highest BCUT2D eigenvalue weighted by Gasteiger charge is 2.15. The number of nitrogens with one attached hydrogen (secondary N) is 1. The first-order valence-electron chi connectivity index (χ1n) is 8.05. The highest BCUT2D eigenvalue weighted by molar-refractivity contribution is 5.74. The van der Waals surface area contributed by atoms with Crippen LogP contribution in [-0.2, 0) is 6.54 Å². The molecule has 1 N–H and O–H groups in total. The van der Waals surface area contributed by atoms with Crippen LogP contribution in [-0.4, -0.2) is 67.1 Å². The Kier molecular flexibility index (Phi) is 6.00. The summed E-state index contributed by atoms with van der Waals surface area (Å²) >= 11 is 0. The van der Waals surface area contributed by atoms with E-state index in [-0.39, 0.29) is 6.03 Å². The number of piperazine rings is 1. The molecule has 0 aliphatic carbocycles. The molecule has 6 nitrogen and oxygen atoms in total.